The predicted octanol–water partition coefficient (Wildman–Crippen LogP) is -0.242. The molecular weight excluding hydrogens is 262 g/mol. The van der Waals surface area contributed by atoms with Gasteiger partial charge in [-0.2, -0.15) is 11.8 Å². The van der Waals surface area contributed by atoms with Gasteiger partial charge in [0.05, 0.1) is 11.9 Å². The number of hydrogen-bond acceptors (Lipinski definition) is 5. The fraction of sp³-hybridized carbons (Fsp3) is 0.923. The van der Waals surface area contributed by atoms with Crippen molar-refractivity contribution < 1.29 is 9.90 Å². The first-order valence-corrected chi connectivity index (χ1v) is 8.28. The number of β-amino-alcohol motifs (C(OH)–C–C–N with tert-alkyl or cyclic N) is 1. The summed E-state index contributed by atoms with van der Waals surface area (Å²) in [4.78, 5) is 14.0. The summed E-state index contributed by atoms with van der Waals surface area (Å²) in [6, 6.07) is 0. The van der Waals surface area contributed by atoms with E-state index in [9.17, 15) is 9.90 Å². The van der Waals surface area contributed by atoms with Crippen molar-refractivity contribution in [1.82, 2.24) is 15.5 Å². The van der Waals surface area contributed by atoms with Crippen LogP contribution in [0.2, 0.25) is 0 Å². The fourth-order valence-electron chi connectivity index (χ4n) is 2.12. The molecule has 6 heteroatoms. The van der Waals surface area contributed by atoms with Crippen LogP contribution in [0.5, 0.6) is 0 Å². The van der Waals surface area contributed by atoms with Gasteiger partial charge in [0.25, 0.3) is 0 Å². The van der Waals surface area contributed by atoms with E-state index in [0.717, 1.165) is 31.9 Å². The maximum atomic E-state index is 11.6. The fourth-order valence-corrected chi connectivity index (χ4v) is 2.94. The Balaban J connectivity index is 2.01. The molecule has 1 rings (SSSR count). The van der Waals surface area contributed by atoms with Crippen LogP contribution >= 0.6 is 11.8 Å². The van der Waals surface area contributed by atoms with Gasteiger partial charge >= 0.3 is 0 Å². The molecule has 1 amide bonds. The molecular formula is C13H27N3O2S. The van der Waals surface area contributed by atoms with E-state index >= 15 is 0 Å². The molecule has 0 aromatic rings. The van der Waals surface area contributed by atoms with E-state index in [1.54, 1.807) is 11.8 Å². The van der Waals surface area contributed by atoms with Crippen LogP contribution in [0.1, 0.15) is 13.8 Å². The molecule has 1 fully saturated rings. The summed E-state index contributed by atoms with van der Waals surface area (Å²) in [7, 11) is 0. The number of carbonyl (C=O) groups is 1. The molecule has 5 nitrogen and oxygen atoms in total. The van der Waals surface area contributed by atoms with Crippen molar-refractivity contribution in [2.75, 3.05) is 50.8 Å². The van der Waals surface area contributed by atoms with Crippen LogP contribution in [0, 0.1) is 5.92 Å². The smallest absolute Gasteiger partial charge is 0.230 e. The van der Waals surface area contributed by atoms with Crippen LogP contribution in [-0.2, 0) is 4.79 Å². The maximum Gasteiger partial charge on any atom is 0.230 e. The second-order valence-electron chi connectivity index (χ2n) is 4.87. The van der Waals surface area contributed by atoms with Crippen LogP contribution in [0.4, 0.5) is 0 Å². The molecule has 1 heterocycles. The van der Waals surface area contributed by atoms with E-state index in [2.05, 4.69) is 29.4 Å². The summed E-state index contributed by atoms with van der Waals surface area (Å²) in [6.45, 7) is 9.48. The van der Waals surface area contributed by atoms with Gasteiger partial charge in [0.2, 0.25) is 5.91 Å². The quantitative estimate of drug-likeness (QED) is 0.511. The summed E-state index contributed by atoms with van der Waals surface area (Å²) >= 11 is 1.67. The first-order chi connectivity index (χ1) is 9.17. The van der Waals surface area contributed by atoms with Crippen molar-refractivity contribution in [2.24, 2.45) is 5.92 Å². The van der Waals surface area contributed by atoms with Gasteiger partial charge < -0.3 is 20.6 Å². The molecule has 0 radical (unpaired) electrons. The Bertz CT molecular complexity index is 262. The third-order valence-corrected chi connectivity index (χ3v) is 4.48. The minimum atomic E-state index is -0.324. The molecule has 1 aliphatic heterocycles. The number of hydrogen-bond donors (Lipinski definition) is 3. The molecule has 0 saturated carbocycles. The van der Waals surface area contributed by atoms with E-state index in [1.807, 2.05) is 0 Å². The van der Waals surface area contributed by atoms with Crippen molar-refractivity contribution in [3.8, 4) is 0 Å². The van der Waals surface area contributed by atoms with Crippen LogP contribution in [0.3, 0.4) is 0 Å². The molecule has 0 aliphatic carbocycles. The van der Waals surface area contributed by atoms with Gasteiger partial charge in [-0.3, -0.25) is 4.79 Å². The number of nitrogens with one attached hydrogen (secondary N) is 2. The first-order valence-electron chi connectivity index (χ1n) is 7.12. The Morgan fingerprint density at radius 2 is 2.16 bits per heavy atom. The molecule has 0 aromatic heterocycles. The lowest BCUT2D eigenvalue weighted by Crippen LogP contribution is -2.35. The van der Waals surface area contributed by atoms with E-state index < -0.39 is 0 Å². The monoisotopic (exact) mass is 289 g/mol. The highest BCUT2D eigenvalue weighted by atomic mass is 32.2. The van der Waals surface area contributed by atoms with E-state index in [-0.39, 0.29) is 17.9 Å². The van der Waals surface area contributed by atoms with Crippen molar-refractivity contribution in [3.63, 3.8) is 0 Å². The maximum absolute atomic E-state index is 11.6. The van der Waals surface area contributed by atoms with Crippen molar-refractivity contribution in [2.45, 2.75) is 20.0 Å². The van der Waals surface area contributed by atoms with Crippen molar-refractivity contribution in [1.29, 1.82) is 0 Å². The zero-order valence-electron chi connectivity index (χ0n) is 12.0. The Labute approximate surface area is 120 Å². The Morgan fingerprint density at radius 3 is 2.74 bits per heavy atom. The molecule has 2 unspecified atom stereocenters. The number of thioether (sulfide) groups is 1. The Hall–Kier alpha value is -0.300. The third kappa shape index (κ3) is 6.61. The number of aliphatic hydroxyl groups is 1. The largest absolute Gasteiger partial charge is 0.391 e. The Kier molecular flexibility index (Phi) is 8.45. The summed E-state index contributed by atoms with van der Waals surface area (Å²) < 4.78 is 0. The first kappa shape index (κ1) is 16.8. The van der Waals surface area contributed by atoms with Gasteiger partial charge in [-0.05, 0) is 13.1 Å². The van der Waals surface area contributed by atoms with Crippen LogP contribution in [0.25, 0.3) is 0 Å². The molecule has 0 aromatic carbocycles. The van der Waals surface area contributed by atoms with Gasteiger partial charge in [0.15, 0.2) is 0 Å². The van der Waals surface area contributed by atoms with Gasteiger partial charge in [-0.1, -0.05) is 13.8 Å². The highest BCUT2D eigenvalue weighted by molar-refractivity contribution is 7.99. The lowest BCUT2D eigenvalue weighted by Gasteiger charge is -2.17. The third-order valence-electron chi connectivity index (χ3n) is 3.55. The lowest BCUT2D eigenvalue weighted by molar-refractivity contribution is -0.118. The Morgan fingerprint density at radius 1 is 1.42 bits per heavy atom. The highest BCUT2D eigenvalue weighted by Gasteiger charge is 2.24. The number of aliphatic hydroxyl groups excluding tert-OH is 1. The van der Waals surface area contributed by atoms with Crippen molar-refractivity contribution in [3.05, 3.63) is 0 Å². The molecule has 1 aliphatic rings. The normalized spacial score (nSPS) is 22.9. The molecule has 0 spiro atoms. The number of nitrogens with zero attached hydrogens (tertiary/aromatic N) is 1. The predicted molar refractivity (Wildman–Crippen MR) is 80.5 cm³/mol. The summed E-state index contributed by atoms with van der Waals surface area (Å²) in [5.74, 6) is 1.73. The van der Waals surface area contributed by atoms with Crippen LogP contribution < -0.4 is 10.6 Å². The lowest BCUT2D eigenvalue weighted by atomic mass is 10.1. The van der Waals surface area contributed by atoms with Crippen LogP contribution in [-0.4, -0.2) is 72.8 Å². The minimum Gasteiger partial charge on any atom is -0.391 e. The second-order valence-corrected chi connectivity index (χ2v) is 5.97. The average Bonchev–Trinajstić information content (AvgIpc) is 2.82. The number of rotatable bonds is 9. The molecule has 1 saturated heterocycles. The molecule has 3 N–H and O–H groups in total. The van der Waals surface area contributed by atoms with Gasteiger partial charge in [0, 0.05) is 37.8 Å². The van der Waals surface area contributed by atoms with Gasteiger partial charge in [0.1, 0.15) is 0 Å². The number of amides is 1. The molecule has 0 bridgehead atoms. The summed E-state index contributed by atoms with van der Waals surface area (Å²) in [6.07, 6.45) is -0.324. The van der Waals surface area contributed by atoms with Crippen LogP contribution in [0.15, 0.2) is 0 Å². The number of carbonyl (C=O) groups excluding carboxylic acids is 1. The topological polar surface area (TPSA) is 64.6 Å². The summed E-state index contributed by atoms with van der Waals surface area (Å²) in [5, 5.41) is 15.6. The zero-order valence-corrected chi connectivity index (χ0v) is 12.8. The van der Waals surface area contributed by atoms with E-state index in [0.29, 0.717) is 18.8 Å². The molecule has 19 heavy (non-hydrogen) atoms. The average molecular weight is 289 g/mol. The highest BCUT2D eigenvalue weighted by Crippen LogP contribution is 2.07. The van der Waals surface area contributed by atoms with E-state index in [1.165, 1.54) is 0 Å². The SMILES string of the molecule is CCN(CC)CCSCC(=O)NCC1CNCC1O. The zero-order chi connectivity index (χ0) is 14.1. The van der Waals surface area contributed by atoms with Crippen molar-refractivity contribution >= 4 is 17.7 Å². The molecule has 2 atom stereocenters. The minimum absolute atomic E-state index is 0.0728. The van der Waals surface area contributed by atoms with E-state index in [4.69, 9.17) is 0 Å². The molecule has 112 valence electrons. The standard InChI is InChI=1S/C13H27N3O2S/c1-3-16(4-2)5-6-19-10-13(18)15-8-11-7-14-9-12(11)17/h11-12,14,17H,3-10H2,1-2H3,(H,15,18). The van der Waals surface area contributed by atoms with Gasteiger partial charge in [-0.25, -0.2) is 0 Å². The second kappa shape index (κ2) is 9.58. The summed E-state index contributed by atoms with van der Waals surface area (Å²) in [5.41, 5.74) is 0. The van der Waals surface area contributed by atoms with Gasteiger partial charge in [-0.15, -0.1) is 0 Å².